The van der Waals surface area contributed by atoms with Crippen LogP contribution in [0.5, 0.6) is 0 Å². The van der Waals surface area contributed by atoms with Gasteiger partial charge in [-0.1, -0.05) is 22.9 Å². The minimum Gasteiger partial charge on any atom is -0.468 e. The van der Waals surface area contributed by atoms with Gasteiger partial charge in [0.2, 0.25) is 10.0 Å². The molecule has 1 aromatic heterocycles. The van der Waals surface area contributed by atoms with Gasteiger partial charge in [0.15, 0.2) is 4.80 Å². The lowest BCUT2D eigenvalue weighted by Gasteiger charge is -2.21. The second-order valence-electron chi connectivity index (χ2n) is 7.90. The first-order chi connectivity index (χ1) is 17.6. The lowest BCUT2D eigenvalue weighted by atomic mass is 10.2. The lowest BCUT2D eigenvalue weighted by Crippen LogP contribution is -2.36. The molecule has 0 saturated carbocycles. The first kappa shape index (κ1) is 29.0. The molecule has 200 valence electrons. The zero-order chi connectivity index (χ0) is 27.2. The topological polar surface area (TPSA) is 116 Å². The van der Waals surface area contributed by atoms with Crippen LogP contribution < -0.4 is 4.80 Å². The van der Waals surface area contributed by atoms with Gasteiger partial charge in [0.05, 0.1) is 35.4 Å². The number of rotatable bonds is 11. The van der Waals surface area contributed by atoms with Crippen LogP contribution in [0.2, 0.25) is 5.02 Å². The molecule has 37 heavy (non-hydrogen) atoms. The number of halogens is 1. The summed E-state index contributed by atoms with van der Waals surface area (Å²) in [6, 6.07) is 9.08. The minimum atomic E-state index is -3.83. The molecule has 0 aliphatic carbocycles. The predicted octanol–water partition coefficient (Wildman–Crippen LogP) is 2.86. The lowest BCUT2D eigenvalue weighted by molar-refractivity contribution is -0.141. The highest BCUT2D eigenvalue weighted by Crippen LogP contribution is 2.27. The molecule has 1 heterocycles. The molecule has 13 heteroatoms. The second kappa shape index (κ2) is 12.8. The molecule has 0 unspecified atom stereocenters. The van der Waals surface area contributed by atoms with Crippen molar-refractivity contribution in [1.29, 1.82) is 0 Å². The van der Waals surface area contributed by atoms with Gasteiger partial charge in [-0.05, 0) is 48.9 Å². The van der Waals surface area contributed by atoms with E-state index in [0.29, 0.717) is 10.5 Å². The van der Waals surface area contributed by atoms with Gasteiger partial charge < -0.3 is 18.8 Å². The molecule has 2 aromatic carbocycles. The van der Waals surface area contributed by atoms with Gasteiger partial charge in [-0.2, -0.15) is 9.30 Å². The summed E-state index contributed by atoms with van der Waals surface area (Å²) in [5, 5.41) is 0.517. The van der Waals surface area contributed by atoms with Crippen LogP contribution in [0.4, 0.5) is 0 Å². The van der Waals surface area contributed by atoms with Crippen molar-refractivity contribution in [1.82, 2.24) is 8.87 Å². The third kappa shape index (κ3) is 6.64. The van der Waals surface area contributed by atoms with Gasteiger partial charge in [-0.3, -0.25) is 9.59 Å². The normalized spacial score (nSPS) is 12.4. The number of ether oxygens (including phenoxy) is 3. The molecule has 3 aromatic rings. The molecular weight excluding hydrogens is 542 g/mol. The Kier molecular flexibility index (Phi) is 9.99. The third-order valence-electron chi connectivity index (χ3n) is 5.57. The summed E-state index contributed by atoms with van der Waals surface area (Å²) in [5.41, 5.74) is 1.62. The average molecular weight is 570 g/mol. The van der Waals surface area contributed by atoms with Gasteiger partial charge >= 0.3 is 5.97 Å². The van der Waals surface area contributed by atoms with Gasteiger partial charge in [0.1, 0.15) is 6.54 Å². The van der Waals surface area contributed by atoms with Crippen molar-refractivity contribution in [2.75, 3.05) is 47.6 Å². The van der Waals surface area contributed by atoms with Crippen LogP contribution in [0.3, 0.4) is 0 Å². The Labute approximate surface area is 224 Å². The largest absolute Gasteiger partial charge is 0.468 e. The number of nitrogens with zero attached hydrogens (tertiary/aromatic N) is 3. The number of carbonyl (C=O) groups is 2. The number of thiazole rings is 1. The molecule has 3 rings (SSSR count). The molecule has 0 bridgehead atoms. The van der Waals surface area contributed by atoms with E-state index in [4.69, 9.17) is 25.8 Å². The predicted molar refractivity (Wildman–Crippen MR) is 140 cm³/mol. The quantitative estimate of drug-likeness (QED) is 0.326. The van der Waals surface area contributed by atoms with E-state index < -0.39 is 21.9 Å². The fourth-order valence-electron chi connectivity index (χ4n) is 3.55. The van der Waals surface area contributed by atoms with E-state index >= 15 is 0 Å². The summed E-state index contributed by atoms with van der Waals surface area (Å²) < 4.78 is 44.7. The number of aromatic nitrogens is 1. The van der Waals surface area contributed by atoms with Gasteiger partial charge in [0, 0.05) is 37.9 Å². The number of fused-ring (bicyclic) bond motifs is 1. The van der Waals surface area contributed by atoms with Crippen LogP contribution in [0, 0.1) is 6.92 Å². The summed E-state index contributed by atoms with van der Waals surface area (Å²) in [4.78, 5) is 29.6. The SMILES string of the molecule is COCCN(CCOC)S(=O)(=O)c1ccc(C(=O)N=c2sc3ccc(Cl)c(C)c3n2CC(=O)OC)cc1. The maximum atomic E-state index is 13.1. The molecule has 0 aliphatic rings. The first-order valence-corrected chi connectivity index (χ1v) is 13.8. The molecule has 1 amide bonds. The molecule has 10 nitrogen and oxygen atoms in total. The number of esters is 1. The van der Waals surface area contributed by atoms with Gasteiger partial charge in [-0.25, -0.2) is 8.42 Å². The summed E-state index contributed by atoms with van der Waals surface area (Å²) in [6.07, 6.45) is 0. The van der Waals surface area contributed by atoms with E-state index in [1.165, 1.54) is 61.2 Å². The van der Waals surface area contributed by atoms with Crippen LogP contribution in [0.25, 0.3) is 10.2 Å². The van der Waals surface area contributed by atoms with Crippen molar-refractivity contribution >= 4 is 55.1 Å². The van der Waals surface area contributed by atoms with Crippen LogP contribution in [-0.2, 0) is 35.6 Å². The maximum absolute atomic E-state index is 13.1. The van der Waals surface area contributed by atoms with E-state index in [0.717, 1.165) is 10.3 Å². The van der Waals surface area contributed by atoms with E-state index in [2.05, 4.69) is 4.99 Å². The number of benzene rings is 2. The molecule has 0 aliphatic heterocycles. The zero-order valence-electron chi connectivity index (χ0n) is 20.9. The van der Waals surface area contributed by atoms with Gasteiger partial charge in [-0.15, -0.1) is 0 Å². The number of amides is 1. The van der Waals surface area contributed by atoms with Crippen molar-refractivity contribution in [2.45, 2.75) is 18.4 Å². The van der Waals surface area contributed by atoms with Crippen LogP contribution in [0.1, 0.15) is 15.9 Å². The Hall–Kier alpha value is -2.61. The Bertz CT molecular complexity index is 1440. The monoisotopic (exact) mass is 569 g/mol. The van der Waals surface area contributed by atoms with E-state index in [9.17, 15) is 18.0 Å². The molecule has 0 spiro atoms. The number of sulfonamides is 1. The first-order valence-electron chi connectivity index (χ1n) is 11.2. The standard InChI is InChI=1S/C24H28ClN3O7S2/c1-16-19(25)9-10-20-22(16)28(15-21(29)35-4)24(36-20)26-23(30)17-5-7-18(8-6-17)37(31,32)27(11-13-33-2)12-14-34-3/h5-10H,11-15H2,1-4H3. The minimum absolute atomic E-state index is 0.0316. The Morgan fingerprint density at radius 1 is 1.03 bits per heavy atom. The van der Waals surface area contributed by atoms with Crippen LogP contribution in [0.15, 0.2) is 46.3 Å². The number of carbonyl (C=O) groups excluding carboxylic acids is 2. The molecular formula is C24H28ClN3O7S2. The van der Waals surface area contributed by atoms with Crippen molar-refractivity contribution in [3.63, 3.8) is 0 Å². The number of hydrogen-bond acceptors (Lipinski definition) is 8. The number of aryl methyl sites for hydroxylation is 1. The van der Waals surface area contributed by atoms with E-state index in [-0.39, 0.29) is 48.1 Å². The molecule has 0 saturated heterocycles. The highest BCUT2D eigenvalue weighted by molar-refractivity contribution is 7.89. The summed E-state index contributed by atoms with van der Waals surface area (Å²) in [5.74, 6) is -1.09. The van der Waals surface area contributed by atoms with E-state index in [1.54, 1.807) is 16.7 Å². The van der Waals surface area contributed by atoms with Crippen molar-refractivity contribution in [2.24, 2.45) is 4.99 Å². The number of hydrogen-bond donors (Lipinski definition) is 0. The van der Waals surface area contributed by atoms with Crippen molar-refractivity contribution in [3.8, 4) is 0 Å². The molecule has 0 fully saturated rings. The maximum Gasteiger partial charge on any atom is 0.325 e. The van der Waals surface area contributed by atoms with Gasteiger partial charge in [0.25, 0.3) is 5.91 Å². The summed E-state index contributed by atoms with van der Waals surface area (Å²) in [6.45, 7) is 2.44. The Morgan fingerprint density at radius 3 is 2.22 bits per heavy atom. The fraction of sp³-hybridized carbons (Fsp3) is 0.375. The molecule has 0 atom stereocenters. The second-order valence-corrected chi connectivity index (χ2v) is 11.3. The van der Waals surface area contributed by atoms with Crippen LogP contribution in [-0.4, -0.2) is 76.8 Å². The number of methoxy groups -OCH3 is 3. The average Bonchev–Trinajstić information content (AvgIpc) is 3.23. The molecule has 0 N–H and O–H groups in total. The summed E-state index contributed by atoms with van der Waals surface area (Å²) in [7, 11) is 0.432. The summed E-state index contributed by atoms with van der Waals surface area (Å²) >= 11 is 7.51. The smallest absolute Gasteiger partial charge is 0.325 e. The highest BCUT2D eigenvalue weighted by Gasteiger charge is 2.24. The highest BCUT2D eigenvalue weighted by atomic mass is 35.5. The molecule has 0 radical (unpaired) electrons. The fourth-order valence-corrected chi connectivity index (χ4v) is 6.20. The third-order valence-corrected chi connectivity index (χ3v) is 8.94. The van der Waals surface area contributed by atoms with Crippen molar-refractivity contribution < 1.29 is 32.2 Å². The Morgan fingerprint density at radius 2 is 1.65 bits per heavy atom. The zero-order valence-corrected chi connectivity index (χ0v) is 23.3. The van der Waals surface area contributed by atoms with Crippen LogP contribution >= 0.6 is 22.9 Å². The van der Waals surface area contributed by atoms with E-state index in [1.807, 2.05) is 6.92 Å². The Balaban J connectivity index is 1.97. The van der Waals surface area contributed by atoms with Crippen molar-refractivity contribution in [3.05, 3.63) is 57.3 Å².